The van der Waals surface area contributed by atoms with Gasteiger partial charge in [0.05, 0.1) is 5.69 Å². The Morgan fingerprint density at radius 1 is 1.17 bits per heavy atom. The molecule has 1 heterocycles. The third-order valence-electron chi connectivity index (χ3n) is 2.51. The number of carbonyl (C=O) groups is 1. The summed E-state index contributed by atoms with van der Waals surface area (Å²) in [7, 11) is 0. The maximum Gasteiger partial charge on any atom is 0.221 e. The number of benzene rings is 1. The monoisotopic (exact) mass is 260 g/mol. The molecule has 2 N–H and O–H groups in total. The van der Waals surface area contributed by atoms with Gasteiger partial charge in [0.25, 0.3) is 0 Å². The van der Waals surface area contributed by atoms with E-state index in [2.05, 4.69) is 22.8 Å². The molecule has 0 aliphatic carbocycles. The second-order valence-electron chi connectivity index (χ2n) is 4.03. The molecule has 0 radical (unpaired) electrons. The van der Waals surface area contributed by atoms with E-state index in [0.717, 1.165) is 23.7 Å². The fraction of sp³-hybridized carbons (Fsp3) is 0.214. The quantitative estimate of drug-likeness (QED) is 0.867. The van der Waals surface area contributed by atoms with Crippen LogP contribution >= 0.6 is 11.3 Å². The molecule has 1 aromatic carbocycles. The van der Waals surface area contributed by atoms with Crippen LogP contribution in [0.5, 0.6) is 0 Å². The number of hydrogen-bond acceptors (Lipinski definition) is 3. The SMILES string of the molecule is CC(=O)Nc1ccsc1CNCc1ccccc1. The van der Waals surface area contributed by atoms with Gasteiger partial charge in [0.2, 0.25) is 5.91 Å². The van der Waals surface area contributed by atoms with Gasteiger partial charge >= 0.3 is 0 Å². The topological polar surface area (TPSA) is 41.1 Å². The molecule has 4 heteroatoms. The van der Waals surface area contributed by atoms with E-state index < -0.39 is 0 Å². The zero-order chi connectivity index (χ0) is 12.8. The Kier molecular flexibility index (Phi) is 4.50. The summed E-state index contributed by atoms with van der Waals surface area (Å²) in [6.45, 7) is 3.12. The van der Waals surface area contributed by atoms with Crippen molar-refractivity contribution in [2.45, 2.75) is 20.0 Å². The Bertz CT molecular complexity index is 508. The van der Waals surface area contributed by atoms with Crippen LogP contribution < -0.4 is 10.6 Å². The molecular weight excluding hydrogens is 244 g/mol. The number of hydrogen-bond donors (Lipinski definition) is 2. The fourth-order valence-electron chi connectivity index (χ4n) is 1.69. The van der Waals surface area contributed by atoms with Gasteiger partial charge in [-0.2, -0.15) is 0 Å². The minimum atomic E-state index is -0.0299. The van der Waals surface area contributed by atoms with Gasteiger partial charge in [0.1, 0.15) is 0 Å². The largest absolute Gasteiger partial charge is 0.325 e. The Labute approximate surface area is 111 Å². The maximum absolute atomic E-state index is 11.0. The van der Waals surface area contributed by atoms with Gasteiger partial charge in [-0.1, -0.05) is 30.3 Å². The number of thiophene rings is 1. The predicted octanol–water partition coefficient (Wildman–Crippen LogP) is 3.00. The highest BCUT2D eigenvalue weighted by Crippen LogP contribution is 2.22. The molecule has 0 bridgehead atoms. The first-order chi connectivity index (χ1) is 8.75. The summed E-state index contributed by atoms with van der Waals surface area (Å²) in [5.41, 5.74) is 2.17. The van der Waals surface area contributed by atoms with Crippen LogP contribution in [-0.4, -0.2) is 5.91 Å². The lowest BCUT2D eigenvalue weighted by molar-refractivity contribution is -0.114. The van der Waals surface area contributed by atoms with Crippen LogP contribution in [0.3, 0.4) is 0 Å². The number of amides is 1. The zero-order valence-electron chi connectivity index (χ0n) is 10.3. The highest BCUT2D eigenvalue weighted by Gasteiger charge is 2.04. The van der Waals surface area contributed by atoms with Gasteiger partial charge in [0.15, 0.2) is 0 Å². The molecule has 0 aliphatic rings. The van der Waals surface area contributed by atoms with Crippen molar-refractivity contribution in [3.05, 3.63) is 52.2 Å². The lowest BCUT2D eigenvalue weighted by atomic mass is 10.2. The van der Waals surface area contributed by atoms with Gasteiger partial charge in [-0.15, -0.1) is 11.3 Å². The van der Waals surface area contributed by atoms with Gasteiger partial charge in [-0.3, -0.25) is 4.79 Å². The maximum atomic E-state index is 11.0. The summed E-state index contributed by atoms with van der Waals surface area (Å²) in [5, 5.41) is 8.20. The molecule has 0 fully saturated rings. The second-order valence-corrected chi connectivity index (χ2v) is 5.03. The van der Waals surface area contributed by atoms with Crippen LogP contribution in [0.25, 0.3) is 0 Å². The van der Waals surface area contributed by atoms with Crippen LogP contribution in [0.1, 0.15) is 17.4 Å². The lowest BCUT2D eigenvalue weighted by Crippen LogP contribution is -2.14. The van der Waals surface area contributed by atoms with Crippen molar-refractivity contribution in [2.75, 3.05) is 5.32 Å². The molecule has 0 saturated heterocycles. The lowest BCUT2D eigenvalue weighted by Gasteiger charge is -2.06. The van der Waals surface area contributed by atoms with Crippen LogP contribution in [0.15, 0.2) is 41.8 Å². The third-order valence-corrected chi connectivity index (χ3v) is 3.43. The number of nitrogens with one attached hydrogen (secondary N) is 2. The summed E-state index contributed by atoms with van der Waals surface area (Å²) in [5.74, 6) is -0.0299. The first-order valence-electron chi connectivity index (χ1n) is 5.84. The Morgan fingerprint density at radius 3 is 2.67 bits per heavy atom. The van der Waals surface area contributed by atoms with Crippen molar-refractivity contribution in [1.82, 2.24) is 5.32 Å². The van der Waals surface area contributed by atoms with Gasteiger partial charge in [-0.25, -0.2) is 0 Å². The molecule has 1 amide bonds. The summed E-state index contributed by atoms with van der Waals surface area (Å²) in [6, 6.07) is 12.2. The van der Waals surface area contributed by atoms with Crippen LogP contribution in [-0.2, 0) is 17.9 Å². The van der Waals surface area contributed by atoms with E-state index in [1.807, 2.05) is 29.6 Å². The normalized spacial score (nSPS) is 10.3. The van der Waals surface area contributed by atoms with E-state index in [-0.39, 0.29) is 5.91 Å². The van der Waals surface area contributed by atoms with E-state index in [4.69, 9.17) is 0 Å². The molecular formula is C14H16N2OS. The van der Waals surface area contributed by atoms with Crippen molar-refractivity contribution in [1.29, 1.82) is 0 Å². The van der Waals surface area contributed by atoms with Crippen molar-refractivity contribution in [2.24, 2.45) is 0 Å². The van der Waals surface area contributed by atoms with Crippen LogP contribution in [0.2, 0.25) is 0 Å². The standard InChI is InChI=1S/C14H16N2OS/c1-11(17)16-13-7-8-18-14(13)10-15-9-12-5-3-2-4-6-12/h2-8,15H,9-10H2,1H3,(H,16,17). The molecule has 0 unspecified atom stereocenters. The molecule has 18 heavy (non-hydrogen) atoms. The smallest absolute Gasteiger partial charge is 0.221 e. The van der Waals surface area contributed by atoms with Crippen LogP contribution in [0.4, 0.5) is 5.69 Å². The molecule has 2 rings (SSSR count). The van der Waals surface area contributed by atoms with E-state index in [1.54, 1.807) is 11.3 Å². The number of rotatable bonds is 5. The first kappa shape index (κ1) is 12.8. The van der Waals surface area contributed by atoms with Gasteiger partial charge in [0, 0.05) is 24.9 Å². The molecule has 0 saturated carbocycles. The molecule has 0 spiro atoms. The molecule has 3 nitrogen and oxygen atoms in total. The van der Waals surface area contributed by atoms with Gasteiger partial charge < -0.3 is 10.6 Å². The fourth-order valence-corrected chi connectivity index (χ4v) is 2.49. The van der Waals surface area contributed by atoms with E-state index in [9.17, 15) is 4.79 Å². The van der Waals surface area contributed by atoms with Crippen molar-refractivity contribution in [3.63, 3.8) is 0 Å². The van der Waals surface area contributed by atoms with E-state index in [1.165, 1.54) is 12.5 Å². The van der Waals surface area contributed by atoms with Crippen LogP contribution in [0, 0.1) is 0 Å². The molecule has 94 valence electrons. The van der Waals surface area contributed by atoms with Gasteiger partial charge in [-0.05, 0) is 17.0 Å². The summed E-state index contributed by atoms with van der Waals surface area (Å²) in [4.78, 5) is 12.2. The second kappa shape index (κ2) is 6.33. The number of anilines is 1. The Morgan fingerprint density at radius 2 is 1.94 bits per heavy atom. The highest BCUT2D eigenvalue weighted by atomic mass is 32.1. The molecule has 0 aliphatic heterocycles. The minimum absolute atomic E-state index is 0.0299. The van der Waals surface area contributed by atoms with E-state index in [0.29, 0.717) is 0 Å². The predicted molar refractivity (Wildman–Crippen MR) is 75.6 cm³/mol. The number of carbonyl (C=O) groups excluding carboxylic acids is 1. The Hall–Kier alpha value is -1.65. The average molecular weight is 260 g/mol. The molecule has 1 aromatic heterocycles. The van der Waals surface area contributed by atoms with Crippen molar-refractivity contribution in [3.8, 4) is 0 Å². The van der Waals surface area contributed by atoms with Crippen molar-refractivity contribution >= 4 is 22.9 Å². The molecule has 2 aromatic rings. The summed E-state index contributed by atoms with van der Waals surface area (Å²) in [6.07, 6.45) is 0. The summed E-state index contributed by atoms with van der Waals surface area (Å²) >= 11 is 1.65. The van der Waals surface area contributed by atoms with Crippen molar-refractivity contribution < 1.29 is 4.79 Å². The first-order valence-corrected chi connectivity index (χ1v) is 6.72. The Balaban J connectivity index is 1.87. The third kappa shape index (κ3) is 3.68. The van der Waals surface area contributed by atoms with E-state index >= 15 is 0 Å². The average Bonchev–Trinajstić information content (AvgIpc) is 2.77. The molecule has 0 atom stereocenters. The minimum Gasteiger partial charge on any atom is -0.325 e. The zero-order valence-corrected chi connectivity index (χ0v) is 11.1. The summed E-state index contributed by atoms with van der Waals surface area (Å²) < 4.78 is 0. The highest BCUT2D eigenvalue weighted by molar-refractivity contribution is 7.10.